The maximum absolute atomic E-state index is 12.8. The highest BCUT2D eigenvalue weighted by atomic mass is 28.4. The smallest absolute Gasteiger partial charge is 0.318 e. The summed E-state index contributed by atoms with van der Waals surface area (Å²) in [4.78, 5) is 31.8. The molecule has 4 heterocycles. The van der Waals surface area contributed by atoms with Gasteiger partial charge < -0.3 is 23.9 Å². The molecule has 0 spiro atoms. The molecule has 10 nitrogen and oxygen atoms in total. The Kier molecular flexibility index (Phi) is 11.6. The molecule has 1 amide bonds. The van der Waals surface area contributed by atoms with E-state index in [0.29, 0.717) is 38.8 Å². The Labute approximate surface area is 349 Å². The van der Waals surface area contributed by atoms with Gasteiger partial charge in [-0.25, -0.2) is 0 Å². The fraction of sp³-hybridized carbons (Fsp3) is 0.375. The molecule has 4 aromatic carbocycles. The second-order valence-corrected chi connectivity index (χ2v) is 21.4. The highest BCUT2D eigenvalue weighted by molar-refractivity contribution is 6.99. The predicted molar refractivity (Wildman–Crippen MR) is 238 cm³/mol. The Morgan fingerprint density at radius 2 is 1.58 bits per heavy atom. The van der Waals surface area contributed by atoms with Gasteiger partial charge in [0.1, 0.15) is 12.4 Å². The molecule has 0 radical (unpaired) electrons. The molecule has 3 aliphatic heterocycles. The number of anilines is 2. The van der Waals surface area contributed by atoms with Crippen molar-refractivity contribution in [1.82, 2.24) is 19.8 Å². The fourth-order valence-corrected chi connectivity index (χ4v) is 14.2. The molecule has 1 aromatic heterocycles. The van der Waals surface area contributed by atoms with Gasteiger partial charge in [-0.1, -0.05) is 124 Å². The van der Waals surface area contributed by atoms with E-state index in [1.54, 1.807) is 4.90 Å². The third kappa shape index (κ3) is 7.97. The maximum Gasteiger partial charge on any atom is 0.318 e. The van der Waals surface area contributed by atoms with Crippen molar-refractivity contribution < 1.29 is 14.0 Å². The van der Waals surface area contributed by atoms with E-state index < -0.39 is 8.32 Å². The number of nitriles is 1. The largest absolute Gasteiger partial charge is 0.462 e. The van der Waals surface area contributed by atoms with Crippen molar-refractivity contribution in [2.45, 2.75) is 69.8 Å². The van der Waals surface area contributed by atoms with Gasteiger partial charge in [-0.15, -0.1) is 0 Å². The van der Waals surface area contributed by atoms with E-state index >= 15 is 0 Å². The Hall–Kier alpha value is -5.54. The van der Waals surface area contributed by atoms with Gasteiger partial charge in [-0.3, -0.25) is 9.69 Å². The van der Waals surface area contributed by atoms with Gasteiger partial charge in [0.25, 0.3) is 8.32 Å². The monoisotopic (exact) mass is 805 g/mol. The van der Waals surface area contributed by atoms with Crippen LogP contribution in [0.15, 0.2) is 116 Å². The minimum absolute atomic E-state index is 0.0146. The summed E-state index contributed by atoms with van der Waals surface area (Å²) < 4.78 is 14.2. The number of hydrogen-bond donors (Lipinski definition) is 0. The summed E-state index contributed by atoms with van der Waals surface area (Å²) in [7, 11) is -0.578. The van der Waals surface area contributed by atoms with E-state index in [1.807, 2.05) is 0 Å². The Morgan fingerprint density at radius 3 is 2.27 bits per heavy atom. The Balaban J connectivity index is 1.07. The van der Waals surface area contributed by atoms with Crippen molar-refractivity contribution in [2.24, 2.45) is 0 Å². The van der Waals surface area contributed by atoms with E-state index in [-0.39, 0.29) is 35.6 Å². The van der Waals surface area contributed by atoms with Crippen LogP contribution in [0.25, 0.3) is 10.8 Å². The lowest BCUT2D eigenvalue weighted by Crippen LogP contribution is -2.67. The van der Waals surface area contributed by atoms with Crippen LogP contribution in [0.2, 0.25) is 5.04 Å². The van der Waals surface area contributed by atoms with Crippen LogP contribution in [0.1, 0.15) is 44.9 Å². The average Bonchev–Trinajstić information content (AvgIpc) is 3.62. The molecular weight excluding hydrogens is 751 g/mol. The van der Waals surface area contributed by atoms with Gasteiger partial charge in [-0.05, 0) is 52.8 Å². The number of piperazine rings is 1. The van der Waals surface area contributed by atoms with Crippen LogP contribution in [-0.4, -0.2) is 98.6 Å². The average molecular weight is 806 g/mol. The highest BCUT2D eigenvalue weighted by Crippen LogP contribution is 2.40. The Bertz CT molecular complexity index is 2280. The first-order valence-electron chi connectivity index (χ1n) is 20.9. The molecule has 11 heteroatoms. The summed E-state index contributed by atoms with van der Waals surface area (Å²) >= 11 is 0. The number of likely N-dealkylation sites (N-methyl/N-ethyl adjacent to an activating group) is 1. The SMILES string of the molecule is C=CC(=O)N1CCN(c2nc(OC[C@@H]3C[C@@H](O[Si](c4ccccc4)(c4ccccc4)C(C)(C)C)CN3C)nc3c2CCN(c2cccc4ccccc24)C3)C[C@@H]1CC#N. The number of fused-ring (bicyclic) bond motifs is 2. The van der Waals surface area contributed by atoms with Crippen molar-refractivity contribution >= 4 is 46.9 Å². The van der Waals surface area contributed by atoms with Gasteiger partial charge in [0.05, 0.1) is 36.9 Å². The van der Waals surface area contributed by atoms with Crippen LogP contribution in [0.4, 0.5) is 11.5 Å². The van der Waals surface area contributed by atoms with Crippen LogP contribution in [0, 0.1) is 11.3 Å². The topological polar surface area (TPSA) is 98.1 Å². The molecule has 3 atom stereocenters. The number of rotatable bonds is 11. The first-order valence-corrected chi connectivity index (χ1v) is 22.8. The first-order chi connectivity index (χ1) is 28.6. The number of nitrogens with zero attached hydrogens (tertiary/aromatic N) is 7. The van der Waals surface area contributed by atoms with Crippen molar-refractivity contribution in [3.8, 4) is 12.1 Å². The van der Waals surface area contributed by atoms with Gasteiger partial charge in [0.2, 0.25) is 5.91 Å². The zero-order valence-electron chi connectivity index (χ0n) is 34.8. The fourth-order valence-electron chi connectivity index (χ4n) is 9.56. The summed E-state index contributed by atoms with van der Waals surface area (Å²) in [5, 5.41) is 14.6. The molecule has 0 saturated carbocycles. The van der Waals surface area contributed by atoms with Crippen LogP contribution in [0.5, 0.6) is 6.01 Å². The van der Waals surface area contributed by atoms with Crippen molar-refractivity contribution in [3.63, 3.8) is 0 Å². The first kappa shape index (κ1) is 40.2. The second-order valence-electron chi connectivity index (χ2n) is 17.2. The molecule has 0 aliphatic carbocycles. The molecular formula is C48H55N7O3Si. The van der Waals surface area contributed by atoms with E-state index in [1.165, 1.54) is 32.9 Å². The lowest BCUT2D eigenvalue weighted by atomic mass is 10.0. The number of ether oxygens (including phenoxy) is 1. The van der Waals surface area contributed by atoms with Crippen LogP contribution in [0.3, 0.4) is 0 Å². The van der Waals surface area contributed by atoms with Crippen molar-refractivity contribution in [1.29, 1.82) is 5.26 Å². The van der Waals surface area contributed by atoms with Crippen molar-refractivity contribution in [2.75, 3.05) is 56.2 Å². The number of benzene rings is 4. The molecule has 59 heavy (non-hydrogen) atoms. The summed E-state index contributed by atoms with van der Waals surface area (Å²) in [6, 6.07) is 39.1. The predicted octanol–water partition coefficient (Wildman–Crippen LogP) is 6.34. The summed E-state index contributed by atoms with van der Waals surface area (Å²) in [5.74, 6) is 0.686. The standard InChI is InChI=1S/C48H55N7O3Si/c1-6-45(56)55-29-28-54(31-36(55)24-26-49)46-42-25-27-53(44-23-15-17-35-16-13-14-22-41(35)44)33-43(42)50-47(51-46)57-34-37-30-38(32-52(37)5)58-59(48(2,3)4,39-18-9-7-10-19-39)40-20-11-8-12-21-40/h6-23,36-38H,1,24-25,27-34H2,2-5H3/t36-,37-,38+/m0/s1. The van der Waals surface area contributed by atoms with Gasteiger partial charge in [-0.2, -0.15) is 15.2 Å². The number of carbonyl (C=O) groups excluding carboxylic acids is 1. The minimum atomic E-state index is -2.73. The zero-order valence-corrected chi connectivity index (χ0v) is 35.8. The molecule has 2 fully saturated rings. The maximum atomic E-state index is 12.8. The molecule has 2 saturated heterocycles. The minimum Gasteiger partial charge on any atom is -0.462 e. The number of carbonyl (C=O) groups is 1. The lowest BCUT2D eigenvalue weighted by Gasteiger charge is -2.44. The zero-order chi connectivity index (χ0) is 41.1. The molecule has 3 aliphatic rings. The van der Waals surface area contributed by atoms with Crippen LogP contribution < -0.4 is 24.9 Å². The Morgan fingerprint density at radius 1 is 0.881 bits per heavy atom. The van der Waals surface area contributed by atoms with Crippen molar-refractivity contribution in [3.05, 3.63) is 127 Å². The molecule has 0 unspecified atom stereocenters. The molecule has 304 valence electrons. The normalized spacial score (nSPS) is 20.0. The highest BCUT2D eigenvalue weighted by Gasteiger charge is 2.52. The van der Waals surface area contributed by atoms with E-state index in [9.17, 15) is 10.1 Å². The number of amides is 1. The van der Waals surface area contributed by atoms with Crippen LogP contribution in [-0.2, 0) is 22.2 Å². The quantitative estimate of drug-likeness (QED) is 0.112. The van der Waals surface area contributed by atoms with Gasteiger partial charge in [0, 0.05) is 55.4 Å². The summed E-state index contributed by atoms with van der Waals surface area (Å²) in [6.45, 7) is 14.9. The van der Waals surface area contributed by atoms with Crippen LogP contribution >= 0.6 is 0 Å². The third-order valence-electron chi connectivity index (χ3n) is 12.5. The molecule has 0 bridgehead atoms. The molecule has 5 aromatic rings. The summed E-state index contributed by atoms with van der Waals surface area (Å²) in [5.41, 5.74) is 3.23. The van der Waals surface area contributed by atoms with E-state index in [4.69, 9.17) is 19.1 Å². The van der Waals surface area contributed by atoms with E-state index in [2.05, 4.69) is 158 Å². The number of likely N-dealkylation sites (tertiary alicyclic amines) is 1. The van der Waals surface area contributed by atoms with Gasteiger partial charge >= 0.3 is 6.01 Å². The lowest BCUT2D eigenvalue weighted by molar-refractivity contribution is -0.128. The second kappa shape index (κ2) is 17.0. The van der Waals surface area contributed by atoms with Gasteiger partial charge in [0.15, 0.2) is 0 Å². The number of hydrogen-bond acceptors (Lipinski definition) is 9. The molecule has 8 rings (SSSR count). The summed E-state index contributed by atoms with van der Waals surface area (Å²) in [6.07, 6.45) is 3.16. The molecule has 0 N–H and O–H groups in total. The number of aromatic nitrogens is 2. The van der Waals surface area contributed by atoms with E-state index in [0.717, 1.165) is 43.0 Å². The third-order valence-corrected chi connectivity index (χ3v) is 17.6.